The average Bonchev–Trinajstić information content (AvgIpc) is 2.91. The summed E-state index contributed by atoms with van der Waals surface area (Å²) in [5.41, 5.74) is 1.19. The number of carbonyl (C=O) groups excluding carboxylic acids is 3. The number of hydrogen-bond donors (Lipinski definition) is 1. The lowest BCUT2D eigenvalue weighted by atomic mass is 9.84. The number of amides is 1. The molecule has 1 aromatic rings. The first-order valence-electron chi connectivity index (χ1n) is 14.5. The van der Waals surface area contributed by atoms with Crippen LogP contribution in [0.15, 0.2) is 30.3 Å². The number of ketones is 1. The number of ether oxygens (including phenoxy) is 2. The summed E-state index contributed by atoms with van der Waals surface area (Å²) in [6.45, 7) is 12.1. The van der Waals surface area contributed by atoms with Gasteiger partial charge in [-0.05, 0) is 68.3 Å². The van der Waals surface area contributed by atoms with E-state index >= 15 is 0 Å². The second-order valence-electron chi connectivity index (χ2n) is 11.9. The lowest BCUT2D eigenvalue weighted by Crippen LogP contribution is -2.61. The molecule has 2 saturated heterocycles. The van der Waals surface area contributed by atoms with E-state index in [0.29, 0.717) is 19.3 Å². The quantitative estimate of drug-likeness (QED) is 0.341. The SMILES string of the molecule is CCC(Cc1ccccc1)C(OC(=O)C1CCCCN1C(=O)C(=O)C1(O)OC(C(C)C)CCC1C)C(C)C. The minimum atomic E-state index is -2.18. The molecule has 0 aromatic heterocycles. The number of rotatable bonds is 10. The monoisotopic (exact) mass is 529 g/mol. The maximum absolute atomic E-state index is 13.6. The Morgan fingerprint density at radius 3 is 2.37 bits per heavy atom. The molecule has 0 radical (unpaired) electrons. The Kier molecular flexibility index (Phi) is 10.5. The number of Topliss-reactive ketones (excluding diaryl/α,β-unsaturated/α-hetero) is 1. The molecular weight excluding hydrogens is 482 g/mol. The topological polar surface area (TPSA) is 93.1 Å². The number of hydrogen-bond acceptors (Lipinski definition) is 6. The Hall–Kier alpha value is -2.25. The zero-order valence-electron chi connectivity index (χ0n) is 24.0. The van der Waals surface area contributed by atoms with Crippen LogP contribution >= 0.6 is 0 Å². The van der Waals surface area contributed by atoms with E-state index in [1.807, 2.05) is 45.9 Å². The van der Waals surface area contributed by atoms with E-state index in [4.69, 9.17) is 9.47 Å². The van der Waals surface area contributed by atoms with Crippen molar-refractivity contribution < 1.29 is 29.0 Å². The Balaban J connectivity index is 1.76. The van der Waals surface area contributed by atoms with E-state index in [-0.39, 0.29) is 36.5 Å². The van der Waals surface area contributed by atoms with Crippen LogP contribution in [0.4, 0.5) is 0 Å². The molecule has 0 aliphatic carbocycles. The van der Waals surface area contributed by atoms with Gasteiger partial charge in [0.05, 0.1) is 6.10 Å². The molecule has 0 spiro atoms. The number of aliphatic hydroxyl groups is 1. The van der Waals surface area contributed by atoms with Gasteiger partial charge in [-0.25, -0.2) is 4.79 Å². The number of piperidine rings is 1. The van der Waals surface area contributed by atoms with Crippen molar-refractivity contribution in [1.82, 2.24) is 4.90 Å². The van der Waals surface area contributed by atoms with Crippen molar-refractivity contribution in [2.75, 3.05) is 6.54 Å². The molecule has 6 atom stereocenters. The zero-order valence-corrected chi connectivity index (χ0v) is 24.0. The predicted octanol–water partition coefficient (Wildman–Crippen LogP) is 4.93. The summed E-state index contributed by atoms with van der Waals surface area (Å²) < 4.78 is 12.0. The first-order valence-corrected chi connectivity index (χ1v) is 14.5. The summed E-state index contributed by atoms with van der Waals surface area (Å²) in [7, 11) is 0. The fourth-order valence-corrected chi connectivity index (χ4v) is 5.86. The van der Waals surface area contributed by atoms with Gasteiger partial charge >= 0.3 is 5.97 Å². The number of likely N-dealkylation sites (tertiary alicyclic amines) is 1. The third kappa shape index (κ3) is 6.84. The Labute approximate surface area is 228 Å². The van der Waals surface area contributed by atoms with Gasteiger partial charge in [0.1, 0.15) is 12.1 Å². The summed E-state index contributed by atoms with van der Waals surface area (Å²) in [4.78, 5) is 41.8. The predicted molar refractivity (Wildman–Crippen MR) is 146 cm³/mol. The summed E-state index contributed by atoms with van der Waals surface area (Å²) in [6, 6.07) is 9.32. The van der Waals surface area contributed by atoms with Crippen LogP contribution in [0.2, 0.25) is 0 Å². The summed E-state index contributed by atoms with van der Waals surface area (Å²) in [5.74, 6) is -4.69. The molecular formula is C31H47NO6. The summed E-state index contributed by atoms with van der Waals surface area (Å²) >= 11 is 0. The van der Waals surface area contributed by atoms with E-state index in [1.54, 1.807) is 6.92 Å². The molecule has 2 aliphatic rings. The number of esters is 1. The zero-order chi connectivity index (χ0) is 28.0. The first-order chi connectivity index (χ1) is 18.0. The highest BCUT2D eigenvalue weighted by Gasteiger charge is 2.53. The number of carbonyl (C=O) groups is 3. The van der Waals surface area contributed by atoms with Gasteiger partial charge in [0.25, 0.3) is 11.7 Å². The van der Waals surface area contributed by atoms with Crippen LogP contribution in [0.3, 0.4) is 0 Å². The lowest BCUT2D eigenvalue weighted by molar-refractivity contribution is -0.269. The van der Waals surface area contributed by atoms with Gasteiger partial charge in [0.2, 0.25) is 5.79 Å². The number of nitrogens with zero attached hydrogens (tertiary/aromatic N) is 1. The van der Waals surface area contributed by atoms with Gasteiger partial charge in [-0.15, -0.1) is 0 Å². The fourth-order valence-electron chi connectivity index (χ4n) is 5.86. The molecule has 1 amide bonds. The maximum Gasteiger partial charge on any atom is 0.329 e. The second-order valence-corrected chi connectivity index (χ2v) is 11.9. The first kappa shape index (κ1) is 30.3. The molecule has 6 unspecified atom stereocenters. The standard InChI is InChI=1S/C31H47NO6/c1-7-24(19-23-13-9-8-10-14-23)27(21(4)5)37-30(35)25-15-11-12-18-32(25)29(34)28(33)31(36)22(6)16-17-26(38-31)20(2)3/h8-10,13-14,20-22,24-27,36H,7,11-12,15-19H2,1-6H3. The van der Waals surface area contributed by atoms with E-state index in [1.165, 1.54) is 10.5 Å². The van der Waals surface area contributed by atoms with Crippen molar-refractivity contribution in [3.8, 4) is 0 Å². The lowest BCUT2D eigenvalue weighted by Gasteiger charge is -2.43. The molecule has 3 rings (SSSR count). The summed E-state index contributed by atoms with van der Waals surface area (Å²) in [5, 5.41) is 11.3. The van der Waals surface area contributed by atoms with Crippen molar-refractivity contribution in [3.63, 3.8) is 0 Å². The van der Waals surface area contributed by atoms with E-state index in [9.17, 15) is 19.5 Å². The van der Waals surface area contributed by atoms with Crippen LogP contribution in [-0.2, 0) is 30.3 Å². The normalized spacial score (nSPS) is 27.7. The average molecular weight is 530 g/mol. The van der Waals surface area contributed by atoms with Crippen LogP contribution in [-0.4, -0.2) is 58.2 Å². The Bertz CT molecular complexity index is 947. The fraction of sp³-hybridized carbons (Fsp3) is 0.710. The minimum Gasteiger partial charge on any atom is -0.460 e. The van der Waals surface area contributed by atoms with Gasteiger partial charge in [-0.1, -0.05) is 71.9 Å². The Morgan fingerprint density at radius 2 is 1.76 bits per heavy atom. The molecule has 0 bridgehead atoms. The van der Waals surface area contributed by atoms with Crippen LogP contribution in [0.5, 0.6) is 0 Å². The van der Waals surface area contributed by atoms with Gasteiger partial charge in [0.15, 0.2) is 0 Å². The van der Waals surface area contributed by atoms with E-state index in [2.05, 4.69) is 19.1 Å². The molecule has 0 saturated carbocycles. The van der Waals surface area contributed by atoms with Gasteiger partial charge in [-0.3, -0.25) is 9.59 Å². The van der Waals surface area contributed by atoms with Crippen LogP contribution in [0.1, 0.15) is 85.6 Å². The number of benzene rings is 1. The molecule has 2 aliphatic heterocycles. The second kappa shape index (κ2) is 13.2. The third-order valence-corrected chi connectivity index (χ3v) is 8.42. The van der Waals surface area contributed by atoms with Gasteiger partial charge in [0, 0.05) is 12.5 Å². The van der Waals surface area contributed by atoms with E-state index < -0.39 is 35.4 Å². The van der Waals surface area contributed by atoms with Crippen LogP contribution in [0.25, 0.3) is 0 Å². The maximum atomic E-state index is 13.6. The largest absolute Gasteiger partial charge is 0.460 e. The molecule has 2 heterocycles. The van der Waals surface area contributed by atoms with Gasteiger partial charge < -0.3 is 19.5 Å². The molecule has 2 fully saturated rings. The van der Waals surface area contributed by atoms with Gasteiger partial charge in [-0.2, -0.15) is 0 Å². The highest BCUT2D eigenvalue weighted by atomic mass is 16.6. The molecule has 1 aromatic carbocycles. The van der Waals surface area contributed by atoms with Crippen LogP contribution < -0.4 is 0 Å². The van der Waals surface area contributed by atoms with Crippen molar-refractivity contribution in [2.24, 2.45) is 23.7 Å². The van der Waals surface area contributed by atoms with Crippen molar-refractivity contribution >= 4 is 17.7 Å². The smallest absolute Gasteiger partial charge is 0.329 e. The molecule has 7 nitrogen and oxygen atoms in total. The minimum absolute atomic E-state index is 0.0900. The molecule has 7 heteroatoms. The summed E-state index contributed by atoms with van der Waals surface area (Å²) in [6.07, 6.45) is 4.19. The third-order valence-electron chi connectivity index (χ3n) is 8.42. The van der Waals surface area contributed by atoms with Crippen molar-refractivity contribution in [1.29, 1.82) is 0 Å². The highest BCUT2D eigenvalue weighted by molar-refractivity contribution is 6.39. The van der Waals surface area contributed by atoms with Crippen molar-refractivity contribution in [2.45, 2.75) is 111 Å². The molecule has 212 valence electrons. The molecule has 38 heavy (non-hydrogen) atoms. The van der Waals surface area contributed by atoms with E-state index in [0.717, 1.165) is 25.7 Å². The molecule has 1 N–H and O–H groups in total. The van der Waals surface area contributed by atoms with Crippen molar-refractivity contribution in [3.05, 3.63) is 35.9 Å². The highest BCUT2D eigenvalue weighted by Crippen LogP contribution is 2.36. The van der Waals surface area contributed by atoms with Crippen LogP contribution in [0, 0.1) is 23.7 Å². The Morgan fingerprint density at radius 1 is 1.08 bits per heavy atom.